The number of hydrogen-bond donors (Lipinski definition) is 1. The first-order valence-electron chi connectivity index (χ1n) is 7.25. The molecule has 1 atom stereocenters. The molecule has 0 aliphatic heterocycles. The lowest BCUT2D eigenvalue weighted by Crippen LogP contribution is -2.24. The monoisotopic (exact) mass is 305 g/mol. The summed E-state index contributed by atoms with van der Waals surface area (Å²) in [5.74, 6) is -0.163. The number of rotatable bonds is 5. The second-order valence-corrected chi connectivity index (χ2v) is 5.84. The summed E-state index contributed by atoms with van der Waals surface area (Å²) in [6.45, 7) is 6.71. The first-order valence-corrected chi connectivity index (χ1v) is 7.63. The Labute approximate surface area is 131 Å². The molecule has 0 aromatic heterocycles. The van der Waals surface area contributed by atoms with Crippen LogP contribution >= 0.6 is 11.6 Å². The fourth-order valence-corrected chi connectivity index (χ4v) is 2.80. The van der Waals surface area contributed by atoms with Gasteiger partial charge in [0.2, 0.25) is 0 Å². The predicted molar refractivity (Wildman–Crippen MR) is 87.4 cm³/mol. The molecule has 0 saturated carbocycles. The highest BCUT2D eigenvalue weighted by molar-refractivity contribution is 6.31. The summed E-state index contributed by atoms with van der Waals surface area (Å²) in [5, 5.41) is 4.09. The van der Waals surface area contributed by atoms with Crippen LogP contribution in [0, 0.1) is 19.7 Å². The highest BCUT2D eigenvalue weighted by Gasteiger charge is 2.17. The van der Waals surface area contributed by atoms with Crippen LogP contribution in [-0.4, -0.2) is 6.54 Å². The Balaban J connectivity index is 2.30. The van der Waals surface area contributed by atoms with E-state index in [2.05, 4.69) is 5.32 Å². The van der Waals surface area contributed by atoms with Gasteiger partial charge in [0.25, 0.3) is 0 Å². The number of halogens is 2. The molecule has 2 rings (SSSR count). The molecule has 0 aliphatic carbocycles. The Morgan fingerprint density at radius 2 is 1.76 bits per heavy atom. The maximum atomic E-state index is 14.2. The zero-order valence-corrected chi connectivity index (χ0v) is 13.5. The van der Waals surface area contributed by atoms with Crippen molar-refractivity contribution in [1.29, 1.82) is 0 Å². The highest BCUT2D eigenvalue weighted by atomic mass is 35.5. The molecule has 0 bridgehead atoms. The Morgan fingerprint density at radius 1 is 1.10 bits per heavy atom. The summed E-state index contributed by atoms with van der Waals surface area (Å²) in [5.41, 5.74) is 3.79. The fourth-order valence-electron chi connectivity index (χ4n) is 2.49. The van der Waals surface area contributed by atoms with E-state index in [0.29, 0.717) is 12.0 Å². The largest absolute Gasteiger partial charge is 0.310 e. The van der Waals surface area contributed by atoms with Crippen LogP contribution in [0.5, 0.6) is 0 Å². The minimum Gasteiger partial charge on any atom is -0.310 e. The van der Waals surface area contributed by atoms with Crippen LogP contribution in [-0.2, 0) is 6.42 Å². The summed E-state index contributed by atoms with van der Waals surface area (Å²) in [4.78, 5) is 0. The summed E-state index contributed by atoms with van der Waals surface area (Å²) >= 11 is 6.30. The van der Waals surface area contributed by atoms with Gasteiger partial charge in [-0.3, -0.25) is 0 Å². The third kappa shape index (κ3) is 4.05. The first kappa shape index (κ1) is 16.0. The van der Waals surface area contributed by atoms with E-state index < -0.39 is 0 Å². The molecular weight excluding hydrogens is 285 g/mol. The Morgan fingerprint density at radius 3 is 2.38 bits per heavy atom. The average Bonchev–Trinajstić information content (AvgIpc) is 2.41. The van der Waals surface area contributed by atoms with Crippen molar-refractivity contribution < 1.29 is 4.39 Å². The second-order valence-electron chi connectivity index (χ2n) is 5.43. The van der Waals surface area contributed by atoms with Gasteiger partial charge in [0.05, 0.1) is 0 Å². The lowest BCUT2D eigenvalue weighted by atomic mass is 9.97. The summed E-state index contributed by atoms with van der Waals surface area (Å²) in [7, 11) is 0. The van der Waals surface area contributed by atoms with Gasteiger partial charge in [-0.2, -0.15) is 0 Å². The Bertz CT molecular complexity index is 625. The molecule has 1 unspecified atom stereocenters. The van der Waals surface area contributed by atoms with Crippen LogP contribution in [0.15, 0.2) is 36.4 Å². The van der Waals surface area contributed by atoms with Crippen LogP contribution in [0.1, 0.15) is 35.2 Å². The lowest BCUT2D eigenvalue weighted by molar-refractivity contribution is 0.509. The molecular formula is C18H21ClFN. The standard InChI is InChI=1S/C18H21ClFN/c1-4-21-18(15-8-6-13(3)10-17(15)20)11-14-7-5-12(2)9-16(14)19/h5-10,18,21H,4,11H2,1-3H3. The van der Waals surface area contributed by atoms with Gasteiger partial charge in [-0.05, 0) is 55.6 Å². The Kier molecular flexibility index (Phi) is 5.38. The van der Waals surface area contributed by atoms with Crippen molar-refractivity contribution in [2.75, 3.05) is 6.54 Å². The first-order chi connectivity index (χ1) is 10.0. The van der Waals surface area contributed by atoms with E-state index in [4.69, 9.17) is 11.6 Å². The van der Waals surface area contributed by atoms with Gasteiger partial charge in [-0.25, -0.2) is 4.39 Å². The predicted octanol–water partition coefficient (Wildman–Crippen LogP) is 4.99. The van der Waals surface area contributed by atoms with Crippen molar-refractivity contribution in [3.63, 3.8) is 0 Å². The molecule has 1 N–H and O–H groups in total. The van der Waals surface area contributed by atoms with Crippen LogP contribution in [0.2, 0.25) is 5.02 Å². The van der Waals surface area contributed by atoms with Crippen molar-refractivity contribution >= 4 is 11.6 Å². The van der Waals surface area contributed by atoms with E-state index in [0.717, 1.165) is 28.3 Å². The van der Waals surface area contributed by atoms with Gasteiger partial charge >= 0.3 is 0 Å². The van der Waals surface area contributed by atoms with Crippen LogP contribution < -0.4 is 5.32 Å². The van der Waals surface area contributed by atoms with E-state index in [1.54, 1.807) is 6.07 Å². The van der Waals surface area contributed by atoms with Gasteiger partial charge < -0.3 is 5.32 Å². The molecule has 1 nitrogen and oxygen atoms in total. The van der Waals surface area contributed by atoms with Crippen molar-refractivity contribution in [1.82, 2.24) is 5.32 Å². The molecule has 3 heteroatoms. The molecule has 0 radical (unpaired) electrons. The summed E-state index contributed by atoms with van der Waals surface area (Å²) in [6, 6.07) is 11.3. The van der Waals surface area contributed by atoms with Gasteiger partial charge in [-0.1, -0.05) is 42.8 Å². The van der Waals surface area contributed by atoms with Crippen molar-refractivity contribution in [2.45, 2.75) is 33.2 Å². The second kappa shape index (κ2) is 7.06. The van der Waals surface area contributed by atoms with E-state index in [-0.39, 0.29) is 11.9 Å². The number of nitrogens with one attached hydrogen (secondary N) is 1. The SMILES string of the molecule is CCNC(Cc1ccc(C)cc1Cl)c1ccc(C)cc1F. The number of likely N-dealkylation sites (N-methyl/N-ethyl adjacent to an activating group) is 1. The normalized spacial score (nSPS) is 12.4. The fraction of sp³-hybridized carbons (Fsp3) is 0.333. The molecule has 21 heavy (non-hydrogen) atoms. The van der Waals surface area contributed by atoms with E-state index >= 15 is 0 Å². The maximum Gasteiger partial charge on any atom is 0.128 e. The van der Waals surface area contributed by atoms with E-state index in [1.165, 1.54) is 0 Å². The van der Waals surface area contributed by atoms with Gasteiger partial charge in [0.1, 0.15) is 5.82 Å². The van der Waals surface area contributed by atoms with Gasteiger partial charge in [-0.15, -0.1) is 0 Å². The van der Waals surface area contributed by atoms with Crippen molar-refractivity contribution in [2.24, 2.45) is 0 Å². The maximum absolute atomic E-state index is 14.2. The molecule has 0 aliphatic rings. The third-order valence-corrected chi connectivity index (χ3v) is 3.97. The number of benzene rings is 2. The van der Waals surface area contributed by atoms with Crippen LogP contribution in [0.4, 0.5) is 4.39 Å². The summed E-state index contributed by atoms with van der Waals surface area (Å²) in [6.07, 6.45) is 0.674. The van der Waals surface area contributed by atoms with Gasteiger partial charge in [0.15, 0.2) is 0 Å². The molecule has 0 amide bonds. The minimum absolute atomic E-state index is 0.0733. The molecule has 0 spiro atoms. The van der Waals surface area contributed by atoms with Crippen molar-refractivity contribution in [3.8, 4) is 0 Å². The minimum atomic E-state index is -0.163. The quantitative estimate of drug-likeness (QED) is 0.820. The summed E-state index contributed by atoms with van der Waals surface area (Å²) < 4.78 is 14.2. The number of aryl methyl sites for hydroxylation is 2. The third-order valence-electron chi connectivity index (χ3n) is 3.61. The van der Waals surface area contributed by atoms with Crippen LogP contribution in [0.25, 0.3) is 0 Å². The zero-order chi connectivity index (χ0) is 15.4. The lowest BCUT2D eigenvalue weighted by Gasteiger charge is -2.20. The molecule has 0 saturated heterocycles. The molecule has 0 heterocycles. The average molecular weight is 306 g/mol. The topological polar surface area (TPSA) is 12.0 Å². The van der Waals surface area contributed by atoms with Crippen molar-refractivity contribution in [3.05, 3.63) is 69.5 Å². The smallest absolute Gasteiger partial charge is 0.128 e. The zero-order valence-electron chi connectivity index (χ0n) is 12.7. The highest BCUT2D eigenvalue weighted by Crippen LogP contribution is 2.26. The number of hydrogen-bond acceptors (Lipinski definition) is 1. The molecule has 112 valence electrons. The molecule has 2 aromatic carbocycles. The van der Waals surface area contributed by atoms with E-state index in [1.807, 2.05) is 51.1 Å². The van der Waals surface area contributed by atoms with Gasteiger partial charge in [0, 0.05) is 16.6 Å². The van der Waals surface area contributed by atoms with Crippen LogP contribution in [0.3, 0.4) is 0 Å². The Hall–Kier alpha value is -1.38. The van der Waals surface area contributed by atoms with E-state index in [9.17, 15) is 4.39 Å². The molecule has 2 aromatic rings. The molecule has 0 fully saturated rings.